The summed E-state index contributed by atoms with van der Waals surface area (Å²) in [5.74, 6) is 1.12. The van der Waals surface area contributed by atoms with Gasteiger partial charge in [0.1, 0.15) is 5.69 Å². The Morgan fingerprint density at radius 1 is 1.45 bits per heavy atom. The van der Waals surface area contributed by atoms with E-state index in [0.717, 1.165) is 6.54 Å². The van der Waals surface area contributed by atoms with Crippen LogP contribution in [-0.4, -0.2) is 57.5 Å². The summed E-state index contributed by atoms with van der Waals surface area (Å²) < 4.78 is 0. The van der Waals surface area contributed by atoms with Crippen LogP contribution in [0, 0.1) is 11.8 Å². The summed E-state index contributed by atoms with van der Waals surface area (Å²) in [6.07, 6.45) is 4.45. The van der Waals surface area contributed by atoms with E-state index in [0.29, 0.717) is 37.0 Å². The molecule has 22 heavy (non-hydrogen) atoms. The summed E-state index contributed by atoms with van der Waals surface area (Å²) in [6, 6.07) is 1.78. The average Bonchev–Trinajstić information content (AvgIpc) is 3.18. The zero-order valence-electron chi connectivity index (χ0n) is 13.3. The molecule has 1 atom stereocenters. The monoisotopic (exact) mass is 304 g/mol. The number of aromatic nitrogens is 2. The van der Waals surface area contributed by atoms with E-state index in [-0.39, 0.29) is 17.9 Å². The van der Waals surface area contributed by atoms with Gasteiger partial charge in [-0.25, -0.2) is 0 Å². The number of hydrogen-bond acceptors (Lipinski definition) is 3. The number of carbonyl (C=O) groups excluding carboxylic acids is 2. The molecule has 0 unspecified atom stereocenters. The Hall–Kier alpha value is -1.85. The molecule has 1 saturated carbocycles. The second kappa shape index (κ2) is 6.10. The van der Waals surface area contributed by atoms with Crippen LogP contribution in [0.4, 0.5) is 0 Å². The molecule has 0 bridgehead atoms. The molecule has 6 heteroatoms. The van der Waals surface area contributed by atoms with Crippen LogP contribution in [0.2, 0.25) is 0 Å². The maximum absolute atomic E-state index is 12.6. The summed E-state index contributed by atoms with van der Waals surface area (Å²) in [5.41, 5.74) is 0.491. The predicted molar refractivity (Wildman–Crippen MR) is 82.2 cm³/mol. The highest BCUT2D eigenvalue weighted by Crippen LogP contribution is 2.32. The van der Waals surface area contributed by atoms with Gasteiger partial charge in [-0.2, -0.15) is 5.10 Å². The lowest BCUT2D eigenvalue weighted by molar-refractivity contribution is -0.133. The standard InChI is InChI=1S/C16H24N4O2/c1-11(2)14-10-19(16(22)13-5-7-17-18-13)8-6-15(21)20(14)9-12-3-4-12/h5,7,11-12,14H,3-4,6,8-10H2,1-2H3,(H,17,18)/t14-/m0/s1. The zero-order valence-corrected chi connectivity index (χ0v) is 13.3. The molecule has 0 aromatic carbocycles. The van der Waals surface area contributed by atoms with E-state index in [2.05, 4.69) is 24.0 Å². The normalized spacial score (nSPS) is 23.0. The van der Waals surface area contributed by atoms with Crippen molar-refractivity contribution in [2.45, 2.75) is 39.2 Å². The third-order valence-corrected chi connectivity index (χ3v) is 4.66. The van der Waals surface area contributed by atoms with Gasteiger partial charge in [-0.15, -0.1) is 0 Å². The Bertz CT molecular complexity index is 536. The second-order valence-electron chi connectivity index (χ2n) is 6.77. The molecule has 0 radical (unpaired) electrons. The number of nitrogens with one attached hydrogen (secondary N) is 1. The van der Waals surface area contributed by atoms with E-state index in [1.54, 1.807) is 17.2 Å². The Labute approximate surface area is 130 Å². The zero-order chi connectivity index (χ0) is 15.7. The van der Waals surface area contributed by atoms with Crippen LogP contribution >= 0.6 is 0 Å². The number of H-pyrrole nitrogens is 1. The summed E-state index contributed by atoms with van der Waals surface area (Å²) >= 11 is 0. The fraction of sp³-hybridized carbons (Fsp3) is 0.688. The van der Waals surface area contributed by atoms with E-state index < -0.39 is 0 Å². The number of hydrogen-bond donors (Lipinski definition) is 1. The molecule has 1 aliphatic carbocycles. The number of carbonyl (C=O) groups is 2. The van der Waals surface area contributed by atoms with Gasteiger partial charge >= 0.3 is 0 Å². The van der Waals surface area contributed by atoms with Crippen molar-refractivity contribution in [2.24, 2.45) is 11.8 Å². The molecule has 2 amide bonds. The van der Waals surface area contributed by atoms with Crippen molar-refractivity contribution in [1.29, 1.82) is 0 Å². The third-order valence-electron chi connectivity index (χ3n) is 4.66. The topological polar surface area (TPSA) is 69.3 Å². The van der Waals surface area contributed by atoms with Gasteiger partial charge in [-0.1, -0.05) is 13.8 Å². The summed E-state index contributed by atoms with van der Waals surface area (Å²) in [5, 5.41) is 6.57. The fourth-order valence-corrected chi connectivity index (χ4v) is 3.09. The van der Waals surface area contributed by atoms with Crippen molar-refractivity contribution in [2.75, 3.05) is 19.6 Å². The van der Waals surface area contributed by atoms with Crippen molar-refractivity contribution in [3.63, 3.8) is 0 Å². The largest absolute Gasteiger partial charge is 0.337 e. The lowest BCUT2D eigenvalue weighted by Crippen LogP contribution is -2.48. The second-order valence-corrected chi connectivity index (χ2v) is 6.77. The lowest BCUT2D eigenvalue weighted by atomic mass is 10.0. The molecular formula is C16H24N4O2. The highest BCUT2D eigenvalue weighted by atomic mass is 16.2. The van der Waals surface area contributed by atoms with Crippen molar-refractivity contribution in [1.82, 2.24) is 20.0 Å². The molecule has 2 fully saturated rings. The van der Waals surface area contributed by atoms with Crippen molar-refractivity contribution in [3.8, 4) is 0 Å². The molecule has 120 valence electrons. The van der Waals surface area contributed by atoms with Crippen LogP contribution in [0.15, 0.2) is 12.3 Å². The molecule has 1 saturated heterocycles. The SMILES string of the molecule is CC(C)[C@@H]1CN(C(=O)c2ccn[nH]2)CCC(=O)N1CC1CC1. The van der Waals surface area contributed by atoms with E-state index in [1.165, 1.54) is 12.8 Å². The van der Waals surface area contributed by atoms with Gasteiger partial charge < -0.3 is 9.80 Å². The lowest BCUT2D eigenvalue weighted by Gasteiger charge is -2.34. The van der Waals surface area contributed by atoms with Crippen LogP contribution in [0.3, 0.4) is 0 Å². The average molecular weight is 304 g/mol. The Balaban J connectivity index is 1.77. The minimum atomic E-state index is -0.0655. The van der Waals surface area contributed by atoms with Gasteiger partial charge in [-0.05, 0) is 30.7 Å². The molecule has 2 heterocycles. The maximum atomic E-state index is 12.6. The van der Waals surface area contributed by atoms with Crippen LogP contribution in [-0.2, 0) is 4.79 Å². The quantitative estimate of drug-likeness (QED) is 0.917. The minimum absolute atomic E-state index is 0.0655. The summed E-state index contributed by atoms with van der Waals surface area (Å²) in [7, 11) is 0. The molecule has 2 aliphatic rings. The van der Waals surface area contributed by atoms with Gasteiger partial charge in [0, 0.05) is 32.3 Å². The van der Waals surface area contributed by atoms with Gasteiger partial charge in [0.15, 0.2) is 0 Å². The van der Waals surface area contributed by atoms with Crippen molar-refractivity contribution >= 4 is 11.8 Å². The highest BCUT2D eigenvalue weighted by molar-refractivity contribution is 5.92. The smallest absolute Gasteiger partial charge is 0.271 e. The van der Waals surface area contributed by atoms with Gasteiger partial charge in [0.25, 0.3) is 5.91 Å². The van der Waals surface area contributed by atoms with E-state index in [4.69, 9.17) is 0 Å². The third kappa shape index (κ3) is 3.15. The molecule has 3 rings (SSSR count). The van der Waals surface area contributed by atoms with Crippen LogP contribution in [0.5, 0.6) is 0 Å². The Kier molecular flexibility index (Phi) is 4.18. The Morgan fingerprint density at radius 2 is 2.23 bits per heavy atom. The van der Waals surface area contributed by atoms with Gasteiger partial charge in [-0.3, -0.25) is 14.7 Å². The van der Waals surface area contributed by atoms with Gasteiger partial charge in [0.2, 0.25) is 5.91 Å². The van der Waals surface area contributed by atoms with Gasteiger partial charge in [0.05, 0.1) is 6.04 Å². The van der Waals surface area contributed by atoms with Crippen LogP contribution in [0.1, 0.15) is 43.6 Å². The summed E-state index contributed by atoms with van der Waals surface area (Å²) in [4.78, 5) is 28.9. The number of aromatic amines is 1. The van der Waals surface area contributed by atoms with E-state index in [9.17, 15) is 9.59 Å². The molecule has 1 N–H and O–H groups in total. The summed E-state index contributed by atoms with van der Waals surface area (Å²) in [6.45, 7) is 6.20. The van der Waals surface area contributed by atoms with Crippen LogP contribution < -0.4 is 0 Å². The Morgan fingerprint density at radius 3 is 2.82 bits per heavy atom. The molecular weight excluding hydrogens is 280 g/mol. The first-order valence-electron chi connectivity index (χ1n) is 8.14. The first-order chi connectivity index (χ1) is 10.6. The molecule has 1 aromatic heterocycles. The highest BCUT2D eigenvalue weighted by Gasteiger charge is 2.36. The maximum Gasteiger partial charge on any atom is 0.271 e. The van der Waals surface area contributed by atoms with Crippen molar-refractivity contribution < 1.29 is 9.59 Å². The van der Waals surface area contributed by atoms with E-state index in [1.807, 2.05) is 4.90 Å². The molecule has 6 nitrogen and oxygen atoms in total. The minimum Gasteiger partial charge on any atom is -0.337 e. The first-order valence-corrected chi connectivity index (χ1v) is 8.14. The van der Waals surface area contributed by atoms with E-state index >= 15 is 0 Å². The molecule has 1 aliphatic heterocycles. The molecule has 1 aromatic rings. The first kappa shape index (κ1) is 15.1. The predicted octanol–water partition coefficient (Wildman–Crippen LogP) is 1.52. The fourth-order valence-electron chi connectivity index (χ4n) is 3.09. The number of nitrogens with zero attached hydrogens (tertiary/aromatic N) is 3. The van der Waals surface area contributed by atoms with Crippen molar-refractivity contribution in [3.05, 3.63) is 18.0 Å². The van der Waals surface area contributed by atoms with Crippen LogP contribution in [0.25, 0.3) is 0 Å². The molecule has 0 spiro atoms. The number of rotatable bonds is 4. The number of amides is 2.